The Balaban J connectivity index is 3.84. The molecular formula is C6H11N3. The molecule has 50 valence electrons. The average Bonchev–Trinajstić information content (AvgIpc) is 1.88. The Morgan fingerprint density at radius 2 is 2.44 bits per heavy atom. The fraction of sp³-hybridized carbons (Fsp3) is 0.167. The zero-order chi connectivity index (χ0) is 7.11. The van der Waals surface area contributed by atoms with Crippen molar-refractivity contribution >= 4 is 5.84 Å². The van der Waals surface area contributed by atoms with E-state index in [2.05, 4.69) is 16.9 Å². The van der Waals surface area contributed by atoms with E-state index in [9.17, 15) is 0 Å². The molecule has 3 N–H and O–H groups in total. The lowest BCUT2D eigenvalue weighted by atomic mass is 10.5. The van der Waals surface area contributed by atoms with Gasteiger partial charge in [0.2, 0.25) is 0 Å². The van der Waals surface area contributed by atoms with Gasteiger partial charge in [-0.3, -0.25) is 4.99 Å². The number of amidine groups is 1. The van der Waals surface area contributed by atoms with Gasteiger partial charge < -0.3 is 11.1 Å². The molecule has 9 heavy (non-hydrogen) atoms. The van der Waals surface area contributed by atoms with Crippen LogP contribution in [0.25, 0.3) is 0 Å². The Morgan fingerprint density at radius 3 is 2.78 bits per heavy atom. The van der Waals surface area contributed by atoms with Crippen LogP contribution in [0.15, 0.2) is 30.0 Å². The molecule has 0 bridgehead atoms. The van der Waals surface area contributed by atoms with Crippen LogP contribution in [0, 0.1) is 0 Å². The number of nitrogens with two attached hydrogens (primary N) is 1. The fourth-order valence-electron chi connectivity index (χ4n) is 0.383. The summed E-state index contributed by atoms with van der Waals surface area (Å²) in [4.78, 5) is 3.84. The number of nitrogens with one attached hydrogen (secondary N) is 1. The summed E-state index contributed by atoms with van der Waals surface area (Å²) in [6.45, 7) is 3.46. The molecule has 0 rings (SSSR count). The molecule has 0 aliphatic rings. The topological polar surface area (TPSA) is 50.4 Å². The first kappa shape index (κ1) is 7.75. The summed E-state index contributed by atoms with van der Waals surface area (Å²) < 4.78 is 0. The van der Waals surface area contributed by atoms with E-state index in [0.717, 1.165) is 0 Å². The van der Waals surface area contributed by atoms with E-state index in [1.807, 2.05) is 0 Å². The lowest BCUT2D eigenvalue weighted by Gasteiger charge is -1.94. The molecule has 0 spiro atoms. The molecule has 0 unspecified atom stereocenters. The molecule has 0 atom stereocenters. The van der Waals surface area contributed by atoms with Crippen molar-refractivity contribution in [2.24, 2.45) is 10.7 Å². The van der Waals surface area contributed by atoms with Gasteiger partial charge in [-0.15, -0.1) is 0 Å². The summed E-state index contributed by atoms with van der Waals surface area (Å²) in [5.41, 5.74) is 5.10. The monoisotopic (exact) mass is 125 g/mol. The van der Waals surface area contributed by atoms with E-state index in [1.165, 1.54) is 6.20 Å². The minimum Gasteiger partial charge on any atom is -0.404 e. The second-order valence-electron chi connectivity index (χ2n) is 1.32. The molecule has 0 aliphatic carbocycles. The highest BCUT2D eigenvalue weighted by molar-refractivity contribution is 5.93. The number of nitrogens with zero attached hydrogens (tertiary/aromatic N) is 1. The van der Waals surface area contributed by atoms with Crippen molar-refractivity contribution in [3.8, 4) is 0 Å². The van der Waals surface area contributed by atoms with E-state index in [0.29, 0.717) is 5.84 Å². The van der Waals surface area contributed by atoms with Crippen molar-refractivity contribution in [3.05, 3.63) is 25.1 Å². The van der Waals surface area contributed by atoms with Crippen LogP contribution >= 0.6 is 0 Å². The van der Waals surface area contributed by atoms with Crippen molar-refractivity contribution in [3.63, 3.8) is 0 Å². The normalized spacial score (nSPS) is 11.9. The van der Waals surface area contributed by atoms with Gasteiger partial charge in [-0.05, 0) is 18.5 Å². The van der Waals surface area contributed by atoms with Crippen LogP contribution in [0.2, 0.25) is 0 Å². The molecule has 0 radical (unpaired) electrons. The third kappa shape index (κ3) is 3.34. The predicted molar refractivity (Wildman–Crippen MR) is 40.0 cm³/mol. The molecule has 0 heterocycles. The first-order valence-electron chi connectivity index (χ1n) is 2.57. The largest absolute Gasteiger partial charge is 0.404 e. The molecule has 0 amide bonds. The summed E-state index contributed by atoms with van der Waals surface area (Å²) in [6.07, 6.45) is 4.61. The standard InChI is InChI=1S/C6H11N3/c1-3-9-6(8-2)4-5-7/h3-5H,1,7H2,2H3,(H,8,9)/b5-4-. The van der Waals surface area contributed by atoms with Crippen LogP contribution in [-0.4, -0.2) is 12.9 Å². The SMILES string of the molecule is C=CNC(/C=C\N)=NC. The summed E-state index contributed by atoms with van der Waals surface area (Å²) >= 11 is 0. The highest BCUT2D eigenvalue weighted by Crippen LogP contribution is 1.72. The Morgan fingerprint density at radius 1 is 1.78 bits per heavy atom. The van der Waals surface area contributed by atoms with Gasteiger partial charge >= 0.3 is 0 Å². The van der Waals surface area contributed by atoms with Gasteiger partial charge in [-0.2, -0.15) is 0 Å². The Kier molecular flexibility index (Phi) is 4.22. The first-order chi connectivity index (χ1) is 4.35. The van der Waals surface area contributed by atoms with Crippen molar-refractivity contribution in [2.75, 3.05) is 7.05 Å². The summed E-state index contributed by atoms with van der Waals surface area (Å²) in [5.74, 6) is 0.701. The van der Waals surface area contributed by atoms with Gasteiger partial charge in [0.25, 0.3) is 0 Å². The van der Waals surface area contributed by atoms with Crippen LogP contribution in [0.1, 0.15) is 0 Å². The molecule has 0 aromatic heterocycles. The maximum Gasteiger partial charge on any atom is 0.125 e. The summed E-state index contributed by atoms with van der Waals surface area (Å²) in [5, 5.41) is 2.78. The van der Waals surface area contributed by atoms with Gasteiger partial charge in [0.15, 0.2) is 0 Å². The highest BCUT2D eigenvalue weighted by Gasteiger charge is 1.81. The third-order valence-corrected chi connectivity index (χ3v) is 0.745. The van der Waals surface area contributed by atoms with Gasteiger partial charge in [-0.1, -0.05) is 6.58 Å². The minimum absolute atomic E-state index is 0.701. The highest BCUT2D eigenvalue weighted by atomic mass is 15.0. The molecule has 0 saturated carbocycles. The third-order valence-electron chi connectivity index (χ3n) is 0.745. The Bertz CT molecular complexity index is 135. The quantitative estimate of drug-likeness (QED) is 0.409. The van der Waals surface area contributed by atoms with Crippen molar-refractivity contribution in [1.29, 1.82) is 0 Å². The zero-order valence-corrected chi connectivity index (χ0v) is 5.46. The van der Waals surface area contributed by atoms with Crippen LogP contribution in [-0.2, 0) is 0 Å². The maximum absolute atomic E-state index is 5.10. The summed E-state index contributed by atoms with van der Waals surface area (Å²) in [6, 6.07) is 0. The van der Waals surface area contributed by atoms with Gasteiger partial charge in [-0.25, -0.2) is 0 Å². The Hall–Kier alpha value is -1.25. The number of hydrogen-bond acceptors (Lipinski definition) is 2. The Labute approximate surface area is 55.0 Å². The second kappa shape index (κ2) is 4.90. The van der Waals surface area contributed by atoms with E-state index in [1.54, 1.807) is 19.3 Å². The lowest BCUT2D eigenvalue weighted by molar-refractivity contribution is 1.25. The second-order valence-corrected chi connectivity index (χ2v) is 1.32. The average molecular weight is 125 g/mol. The van der Waals surface area contributed by atoms with E-state index in [4.69, 9.17) is 5.73 Å². The lowest BCUT2D eigenvalue weighted by Crippen LogP contribution is -2.13. The van der Waals surface area contributed by atoms with Crippen molar-refractivity contribution in [1.82, 2.24) is 5.32 Å². The molecule has 3 heteroatoms. The predicted octanol–water partition coefficient (Wildman–Crippen LogP) is 0.220. The first-order valence-corrected chi connectivity index (χ1v) is 2.57. The van der Waals surface area contributed by atoms with E-state index >= 15 is 0 Å². The van der Waals surface area contributed by atoms with Gasteiger partial charge in [0.05, 0.1) is 0 Å². The van der Waals surface area contributed by atoms with Crippen LogP contribution < -0.4 is 11.1 Å². The van der Waals surface area contributed by atoms with Gasteiger partial charge in [0, 0.05) is 7.05 Å². The molecule has 0 saturated heterocycles. The minimum atomic E-state index is 0.701. The molecule has 0 aromatic rings. The van der Waals surface area contributed by atoms with Crippen molar-refractivity contribution in [2.45, 2.75) is 0 Å². The zero-order valence-electron chi connectivity index (χ0n) is 5.46. The fourth-order valence-corrected chi connectivity index (χ4v) is 0.383. The van der Waals surface area contributed by atoms with E-state index < -0.39 is 0 Å². The van der Waals surface area contributed by atoms with Crippen LogP contribution in [0.5, 0.6) is 0 Å². The molecule has 3 nitrogen and oxygen atoms in total. The molecular weight excluding hydrogens is 114 g/mol. The molecule has 0 fully saturated rings. The number of rotatable bonds is 2. The van der Waals surface area contributed by atoms with Gasteiger partial charge in [0.1, 0.15) is 5.84 Å². The van der Waals surface area contributed by atoms with Crippen LogP contribution in [0.4, 0.5) is 0 Å². The maximum atomic E-state index is 5.10. The number of aliphatic imine (C=N–C) groups is 1. The number of hydrogen-bond donors (Lipinski definition) is 2. The summed E-state index contributed by atoms with van der Waals surface area (Å²) in [7, 11) is 1.67. The van der Waals surface area contributed by atoms with Crippen molar-refractivity contribution < 1.29 is 0 Å². The molecule has 0 aromatic carbocycles. The van der Waals surface area contributed by atoms with E-state index in [-0.39, 0.29) is 0 Å². The van der Waals surface area contributed by atoms with Crippen LogP contribution in [0.3, 0.4) is 0 Å². The molecule has 0 aliphatic heterocycles. The smallest absolute Gasteiger partial charge is 0.125 e.